The Balaban J connectivity index is 1.87. The third kappa shape index (κ3) is 6.01. The van der Waals surface area contributed by atoms with Gasteiger partial charge in [0.15, 0.2) is 0 Å². The zero-order chi connectivity index (χ0) is 30.4. The fraction of sp³-hybridized carbons (Fsp3) is 0.480. The summed E-state index contributed by atoms with van der Waals surface area (Å²) >= 11 is 9.35. The SMILES string of the molecule is CCc1c(N2CCN(C(=O)O)CC2)c(=O)n2nc(Br)nc2n1C(C(=O)Nc1ccc(C(F)(F)F)cc1Cl)C(C)(C)C. The zero-order valence-corrected chi connectivity index (χ0v) is 24.9. The van der Waals surface area contributed by atoms with Gasteiger partial charge in [-0.1, -0.05) is 39.3 Å². The molecule has 4 rings (SSSR count). The van der Waals surface area contributed by atoms with Crippen molar-refractivity contribution >= 4 is 56.7 Å². The summed E-state index contributed by atoms with van der Waals surface area (Å²) < 4.78 is 42.3. The van der Waals surface area contributed by atoms with E-state index in [9.17, 15) is 32.7 Å². The van der Waals surface area contributed by atoms with Gasteiger partial charge in [-0.15, -0.1) is 5.10 Å². The number of aromatic nitrogens is 4. The summed E-state index contributed by atoms with van der Waals surface area (Å²) in [4.78, 5) is 46.5. The van der Waals surface area contributed by atoms with Crippen LogP contribution in [0.4, 0.5) is 29.3 Å². The summed E-state index contributed by atoms with van der Waals surface area (Å²) in [6.45, 7) is 8.05. The lowest BCUT2D eigenvalue weighted by Crippen LogP contribution is -2.51. The Hall–Kier alpha value is -3.33. The van der Waals surface area contributed by atoms with Crippen molar-refractivity contribution in [1.29, 1.82) is 0 Å². The number of amides is 2. The van der Waals surface area contributed by atoms with Crippen LogP contribution in [0.3, 0.4) is 0 Å². The van der Waals surface area contributed by atoms with Crippen LogP contribution < -0.4 is 15.8 Å². The molecule has 0 radical (unpaired) electrons. The van der Waals surface area contributed by atoms with E-state index in [0.717, 1.165) is 22.7 Å². The number of carbonyl (C=O) groups is 2. The van der Waals surface area contributed by atoms with Crippen molar-refractivity contribution < 1.29 is 27.9 Å². The number of hydrogen-bond acceptors (Lipinski definition) is 6. The molecule has 1 atom stereocenters. The molecule has 1 fully saturated rings. The van der Waals surface area contributed by atoms with Gasteiger partial charge in [-0.05, 0) is 46.0 Å². The molecule has 11 nitrogen and oxygen atoms in total. The molecular weight excluding hydrogens is 635 g/mol. The van der Waals surface area contributed by atoms with Gasteiger partial charge in [0.2, 0.25) is 16.4 Å². The number of piperazine rings is 1. The second kappa shape index (κ2) is 11.2. The summed E-state index contributed by atoms with van der Waals surface area (Å²) in [5.41, 5.74) is -1.52. The Labute approximate surface area is 246 Å². The number of anilines is 2. The van der Waals surface area contributed by atoms with Crippen molar-refractivity contribution in [2.75, 3.05) is 36.4 Å². The molecular formula is C25H28BrClF3N7O4. The zero-order valence-electron chi connectivity index (χ0n) is 22.6. The molecule has 0 spiro atoms. The van der Waals surface area contributed by atoms with Crippen molar-refractivity contribution in [2.24, 2.45) is 5.41 Å². The van der Waals surface area contributed by atoms with Gasteiger partial charge >= 0.3 is 12.3 Å². The van der Waals surface area contributed by atoms with Crippen molar-refractivity contribution in [1.82, 2.24) is 24.1 Å². The van der Waals surface area contributed by atoms with Crippen molar-refractivity contribution in [3.63, 3.8) is 0 Å². The number of benzene rings is 1. The molecule has 1 saturated heterocycles. The Bertz CT molecular complexity index is 1560. The summed E-state index contributed by atoms with van der Waals surface area (Å²) in [6, 6.07) is 1.62. The second-order valence-electron chi connectivity index (χ2n) is 10.6. The fourth-order valence-electron chi connectivity index (χ4n) is 4.97. The average Bonchev–Trinajstić information content (AvgIpc) is 3.27. The lowest BCUT2D eigenvalue weighted by molar-refractivity contribution is -0.137. The van der Waals surface area contributed by atoms with Gasteiger partial charge in [-0.25, -0.2) is 4.79 Å². The Morgan fingerprint density at radius 3 is 2.32 bits per heavy atom. The minimum Gasteiger partial charge on any atom is -0.465 e. The van der Waals surface area contributed by atoms with Gasteiger partial charge in [0.25, 0.3) is 5.56 Å². The highest BCUT2D eigenvalue weighted by Gasteiger charge is 2.39. The predicted octanol–water partition coefficient (Wildman–Crippen LogP) is 4.91. The van der Waals surface area contributed by atoms with Crippen LogP contribution in [0.5, 0.6) is 0 Å². The van der Waals surface area contributed by atoms with E-state index >= 15 is 0 Å². The number of hydrogen-bond donors (Lipinski definition) is 2. The second-order valence-corrected chi connectivity index (χ2v) is 11.7. The molecule has 1 aliphatic heterocycles. The molecule has 3 aromatic rings. The Kier molecular flexibility index (Phi) is 8.33. The average molecular weight is 663 g/mol. The normalized spacial score (nSPS) is 15.3. The monoisotopic (exact) mass is 661 g/mol. The lowest BCUT2D eigenvalue weighted by atomic mass is 9.85. The van der Waals surface area contributed by atoms with Crippen LogP contribution in [0.1, 0.15) is 45.0 Å². The van der Waals surface area contributed by atoms with Crippen LogP contribution in [0.2, 0.25) is 5.02 Å². The maximum atomic E-state index is 14.0. The third-order valence-corrected chi connectivity index (χ3v) is 7.47. The molecule has 16 heteroatoms. The smallest absolute Gasteiger partial charge is 0.416 e. The standard InChI is InChI=1S/C25H28BrClF3N7O4/c1-5-16-17(34-8-10-35(11-9-34)23(40)41)20(39)37-22(32-21(26)33-37)36(16)18(24(2,3)4)19(38)31-15-7-6-13(12-14(15)27)25(28,29)30/h6-7,12,18H,5,8-11H2,1-4H3,(H,31,38)(H,40,41). The maximum Gasteiger partial charge on any atom is 0.416 e. The van der Waals surface area contributed by atoms with E-state index in [-0.39, 0.29) is 53.1 Å². The largest absolute Gasteiger partial charge is 0.465 e. The number of fused-ring (bicyclic) bond motifs is 1. The van der Waals surface area contributed by atoms with E-state index in [1.807, 2.05) is 6.92 Å². The van der Waals surface area contributed by atoms with Gasteiger partial charge in [0, 0.05) is 26.2 Å². The summed E-state index contributed by atoms with van der Waals surface area (Å²) in [6.07, 6.45) is -5.36. The van der Waals surface area contributed by atoms with E-state index < -0.39 is 40.8 Å². The van der Waals surface area contributed by atoms with Gasteiger partial charge in [0.1, 0.15) is 11.7 Å². The molecule has 2 aromatic heterocycles. The number of nitrogens with zero attached hydrogens (tertiary/aromatic N) is 6. The van der Waals surface area contributed by atoms with Crippen LogP contribution in [0, 0.1) is 5.41 Å². The van der Waals surface area contributed by atoms with E-state index in [2.05, 4.69) is 31.3 Å². The minimum atomic E-state index is -4.61. The first kappa shape index (κ1) is 30.6. The molecule has 1 unspecified atom stereocenters. The summed E-state index contributed by atoms with van der Waals surface area (Å²) in [5.74, 6) is -0.514. The van der Waals surface area contributed by atoms with Crippen molar-refractivity contribution in [3.05, 3.63) is 49.6 Å². The first-order valence-electron chi connectivity index (χ1n) is 12.6. The van der Waals surface area contributed by atoms with Gasteiger partial charge in [-0.2, -0.15) is 22.7 Å². The number of nitrogens with one attached hydrogen (secondary N) is 1. The number of carbonyl (C=O) groups excluding carboxylic acids is 1. The van der Waals surface area contributed by atoms with Crippen LogP contribution in [0.25, 0.3) is 5.78 Å². The van der Waals surface area contributed by atoms with Crippen molar-refractivity contribution in [2.45, 2.75) is 46.3 Å². The van der Waals surface area contributed by atoms with Crippen LogP contribution in [0.15, 0.2) is 27.7 Å². The van der Waals surface area contributed by atoms with Gasteiger partial charge in [0.05, 0.1) is 22.0 Å². The summed E-state index contributed by atoms with van der Waals surface area (Å²) in [7, 11) is 0. The first-order valence-corrected chi connectivity index (χ1v) is 13.8. The highest BCUT2D eigenvalue weighted by Crippen LogP contribution is 2.38. The topological polar surface area (TPSA) is 125 Å². The minimum absolute atomic E-state index is 0.0123. The van der Waals surface area contributed by atoms with E-state index in [1.165, 1.54) is 4.90 Å². The molecule has 0 saturated carbocycles. The van der Waals surface area contributed by atoms with Crippen molar-refractivity contribution in [3.8, 4) is 0 Å². The molecule has 222 valence electrons. The third-order valence-electron chi connectivity index (χ3n) is 6.82. The molecule has 0 aliphatic carbocycles. The van der Waals surface area contributed by atoms with E-state index in [1.54, 1.807) is 30.2 Å². The molecule has 41 heavy (non-hydrogen) atoms. The highest BCUT2D eigenvalue weighted by atomic mass is 79.9. The lowest BCUT2D eigenvalue weighted by Gasteiger charge is -2.38. The maximum absolute atomic E-state index is 14.0. The molecule has 0 bridgehead atoms. The Morgan fingerprint density at radius 1 is 1.17 bits per heavy atom. The molecule has 2 N–H and O–H groups in total. The highest BCUT2D eigenvalue weighted by molar-refractivity contribution is 9.10. The Morgan fingerprint density at radius 2 is 1.80 bits per heavy atom. The molecule has 1 aliphatic rings. The van der Waals surface area contributed by atoms with E-state index in [0.29, 0.717) is 12.1 Å². The quantitative estimate of drug-likeness (QED) is 0.398. The van der Waals surface area contributed by atoms with Gasteiger partial charge < -0.3 is 20.2 Å². The predicted molar refractivity (Wildman–Crippen MR) is 150 cm³/mol. The first-order chi connectivity index (χ1) is 19.0. The van der Waals surface area contributed by atoms with Crippen LogP contribution >= 0.6 is 27.5 Å². The van der Waals surface area contributed by atoms with Crippen LogP contribution in [-0.2, 0) is 17.4 Å². The number of carboxylic acid groups (broad SMARTS) is 1. The molecule has 3 heterocycles. The van der Waals surface area contributed by atoms with Crippen LogP contribution in [-0.4, -0.2) is 67.4 Å². The van der Waals surface area contributed by atoms with Gasteiger partial charge in [-0.3, -0.25) is 14.2 Å². The fourth-order valence-corrected chi connectivity index (χ4v) is 5.52. The number of alkyl halides is 3. The number of halogens is 5. The molecule has 2 amide bonds. The summed E-state index contributed by atoms with van der Waals surface area (Å²) in [5, 5.41) is 15.9. The van der Waals surface area contributed by atoms with E-state index in [4.69, 9.17) is 11.6 Å². The molecule has 1 aromatic carbocycles. The number of rotatable bonds is 5.